The van der Waals surface area contributed by atoms with Gasteiger partial charge in [-0.05, 0) is 49.2 Å². The second kappa shape index (κ2) is 6.65. The van der Waals surface area contributed by atoms with Crippen LogP contribution in [-0.2, 0) is 5.54 Å². The van der Waals surface area contributed by atoms with Crippen molar-refractivity contribution >= 4 is 11.6 Å². The van der Waals surface area contributed by atoms with E-state index in [0.717, 1.165) is 30.0 Å². The Morgan fingerprint density at radius 2 is 1.90 bits per heavy atom. The van der Waals surface area contributed by atoms with Gasteiger partial charge in [0.15, 0.2) is 0 Å². The third-order valence-electron chi connectivity index (χ3n) is 6.08. The predicted octanol–water partition coefficient (Wildman–Crippen LogP) is 4.18. The number of anilines is 1. The van der Waals surface area contributed by atoms with E-state index in [1.165, 1.54) is 11.8 Å². The monoisotopic (exact) mass is 391 g/mol. The minimum atomic E-state index is -0.469. The van der Waals surface area contributed by atoms with E-state index in [9.17, 15) is 9.18 Å². The number of benzene rings is 2. The number of rotatable bonds is 2. The number of halogens is 1. The fourth-order valence-corrected chi connectivity index (χ4v) is 4.53. The van der Waals surface area contributed by atoms with Crippen LogP contribution in [0.5, 0.6) is 5.75 Å². The molecule has 2 aliphatic heterocycles. The van der Waals surface area contributed by atoms with Crippen molar-refractivity contribution in [3.63, 3.8) is 0 Å². The smallest absolute Gasteiger partial charge is 0.256 e. The average molecular weight is 391 g/mol. The van der Waals surface area contributed by atoms with Crippen molar-refractivity contribution in [2.75, 3.05) is 25.5 Å². The van der Waals surface area contributed by atoms with Gasteiger partial charge in [-0.3, -0.25) is 4.79 Å². The largest absolute Gasteiger partial charge is 0.497 e. The van der Waals surface area contributed by atoms with E-state index in [1.807, 2.05) is 18.2 Å². The Morgan fingerprint density at radius 1 is 1.10 bits per heavy atom. The molecule has 5 rings (SSSR count). The van der Waals surface area contributed by atoms with Crippen molar-refractivity contribution in [2.45, 2.75) is 18.4 Å². The standard InChI is InChI=1S/C23H22FN3O2/c1-29-16-8-9-20-19(15-16)25-23(21-7-4-12-27(20)21)10-13-26(14-11-23)22(28)17-5-2-3-6-18(17)24/h2-9,12,15,25H,10-11,13-14H2,1H3. The van der Waals surface area contributed by atoms with E-state index in [2.05, 4.69) is 28.2 Å². The van der Waals surface area contributed by atoms with E-state index >= 15 is 0 Å². The van der Waals surface area contributed by atoms with E-state index in [4.69, 9.17) is 4.74 Å². The first kappa shape index (κ1) is 17.8. The Balaban J connectivity index is 1.43. The molecule has 1 fully saturated rings. The molecule has 0 saturated carbocycles. The summed E-state index contributed by atoms with van der Waals surface area (Å²) in [6.07, 6.45) is 3.56. The van der Waals surface area contributed by atoms with Crippen LogP contribution in [0.1, 0.15) is 28.9 Å². The second-order valence-corrected chi connectivity index (χ2v) is 7.63. The lowest BCUT2D eigenvalue weighted by molar-refractivity contribution is 0.0672. The molecule has 0 atom stereocenters. The van der Waals surface area contributed by atoms with Gasteiger partial charge in [-0.2, -0.15) is 0 Å². The molecule has 0 aliphatic carbocycles. The molecule has 2 aromatic carbocycles. The number of fused-ring (bicyclic) bond motifs is 4. The van der Waals surface area contributed by atoms with Crippen LogP contribution in [0.15, 0.2) is 60.8 Å². The van der Waals surface area contributed by atoms with Crippen molar-refractivity contribution in [2.24, 2.45) is 0 Å². The number of nitrogens with one attached hydrogen (secondary N) is 1. The normalized spacial score (nSPS) is 16.7. The van der Waals surface area contributed by atoms with Gasteiger partial charge in [0.25, 0.3) is 5.91 Å². The number of methoxy groups -OCH3 is 1. The molecule has 0 bridgehead atoms. The number of hydrogen-bond acceptors (Lipinski definition) is 3. The summed E-state index contributed by atoms with van der Waals surface area (Å²) in [4.78, 5) is 14.6. The summed E-state index contributed by atoms with van der Waals surface area (Å²) < 4.78 is 21.7. The number of carbonyl (C=O) groups is 1. The maximum absolute atomic E-state index is 14.1. The van der Waals surface area contributed by atoms with Crippen molar-refractivity contribution in [3.05, 3.63) is 77.9 Å². The fraction of sp³-hybridized carbons (Fsp3) is 0.261. The summed E-state index contributed by atoms with van der Waals surface area (Å²) in [6.45, 7) is 1.12. The number of carbonyl (C=O) groups excluding carboxylic acids is 1. The first-order valence-electron chi connectivity index (χ1n) is 9.79. The van der Waals surface area contributed by atoms with Crippen LogP contribution in [0, 0.1) is 5.82 Å². The van der Waals surface area contributed by atoms with Crippen molar-refractivity contribution in [1.82, 2.24) is 9.47 Å². The second-order valence-electron chi connectivity index (χ2n) is 7.63. The molecule has 0 unspecified atom stereocenters. The predicted molar refractivity (Wildman–Crippen MR) is 109 cm³/mol. The summed E-state index contributed by atoms with van der Waals surface area (Å²) in [5.74, 6) is 0.0869. The van der Waals surface area contributed by atoms with E-state index < -0.39 is 5.82 Å². The number of hydrogen-bond donors (Lipinski definition) is 1. The molecule has 5 nitrogen and oxygen atoms in total. The van der Waals surface area contributed by atoms with Gasteiger partial charge >= 0.3 is 0 Å². The lowest BCUT2D eigenvalue weighted by Crippen LogP contribution is -2.51. The molecular formula is C23H22FN3O2. The van der Waals surface area contributed by atoms with Gasteiger partial charge in [-0.15, -0.1) is 0 Å². The number of likely N-dealkylation sites (tertiary alicyclic amines) is 1. The van der Waals surface area contributed by atoms with E-state index in [1.54, 1.807) is 30.2 Å². The van der Waals surface area contributed by atoms with Gasteiger partial charge in [0.2, 0.25) is 0 Å². The minimum absolute atomic E-state index is 0.138. The summed E-state index contributed by atoms with van der Waals surface area (Å²) in [5, 5.41) is 3.73. The highest BCUT2D eigenvalue weighted by atomic mass is 19.1. The average Bonchev–Trinajstić information content (AvgIpc) is 3.25. The third-order valence-corrected chi connectivity index (χ3v) is 6.08. The highest BCUT2D eigenvalue weighted by Crippen LogP contribution is 2.44. The third kappa shape index (κ3) is 2.78. The Labute approximate surface area is 168 Å². The van der Waals surface area contributed by atoms with Gasteiger partial charge in [0, 0.05) is 31.0 Å². The maximum atomic E-state index is 14.1. The first-order chi connectivity index (χ1) is 14.1. The SMILES string of the molecule is COc1ccc2c(c1)NC1(CCN(C(=O)c3ccccc3F)CC1)c1cccn1-2. The summed E-state index contributed by atoms with van der Waals surface area (Å²) in [7, 11) is 1.66. The van der Waals surface area contributed by atoms with Gasteiger partial charge < -0.3 is 19.5 Å². The Bertz CT molecular complexity index is 1080. The van der Waals surface area contributed by atoms with Crippen molar-refractivity contribution in [1.29, 1.82) is 0 Å². The molecule has 1 aromatic heterocycles. The minimum Gasteiger partial charge on any atom is -0.497 e. The molecule has 148 valence electrons. The molecule has 29 heavy (non-hydrogen) atoms. The van der Waals surface area contributed by atoms with Crippen LogP contribution < -0.4 is 10.1 Å². The number of piperidine rings is 1. The van der Waals surface area contributed by atoms with E-state index in [-0.39, 0.29) is 17.0 Å². The fourth-order valence-electron chi connectivity index (χ4n) is 4.53. The van der Waals surface area contributed by atoms with Crippen LogP contribution in [0.4, 0.5) is 10.1 Å². The van der Waals surface area contributed by atoms with Gasteiger partial charge in [-0.1, -0.05) is 12.1 Å². The molecule has 1 amide bonds. The zero-order valence-electron chi connectivity index (χ0n) is 16.2. The van der Waals surface area contributed by atoms with Crippen LogP contribution >= 0.6 is 0 Å². The van der Waals surface area contributed by atoms with Crippen LogP contribution in [0.2, 0.25) is 0 Å². The lowest BCUT2D eigenvalue weighted by atomic mass is 9.82. The number of ether oxygens (including phenoxy) is 1. The first-order valence-corrected chi connectivity index (χ1v) is 9.79. The Hall–Kier alpha value is -3.28. The van der Waals surface area contributed by atoms with Crippen molar-refractivity contribution < 1.29 is 13.9 Å². The zero-order chi connectivity index (χ0) is 20.0. The summed E-state index contributed by atoms with van der Waals surface area (Å²) in [6, 6.07) is 16.4. The van der Waals surface area contributed by atoms with Crippen LogP contribution in [0.3, 0.4) is 0 Å². The number of amides is 1. The molecule has 3 heterocycles. The molecule has 1 N–H and O–H groups in total. The Kier molecular flexibility index (Phi) is 4.08. The van der Waals surface area contributed by atoms with Gasteiger partial charge in [0.1, 0.15) is 11.6 Å². The van der Waals surface area contributed by atoms with E-state index in [0.29, 0.717) is 13.1 Å². The molecule has 3 aromatic rings. The van der Waals surface area contributed by atoms with Gasteiger partial charge in [-0.25, -0.2) is 4.39 Å². The molecular weight excluding hydrogens is 369 g/mol. The zero-order valence-corrected chi connectivity index (χ0v) is 16.2. The Morgan fingerprint density at radius 3 is 2.66 bits per heavy atom. The van der Waals surface area contributed by atoms with Crippen LogP contribution in [0.25, 0.3) is 5.69 Å². The molecule has 0 radical (unpaired) electrons. The highest BCUT2D eigenvalue weighted by molar-refractivity contribution is 5.94. The lowest BCUT2D eigenvalue weighted by Gasteiger charge is -2.46. The molecule has 6 heteroatoms. The van der Waals surface area contributed by atoms with Gasteiger partial charge in [0.05, 0.1) is 29.6 Å². The number of nitrogens with zero attached hydrogens (tertiary/aromatic N) is 2. The highest BCUT2D eigenvalue weighted by Gasteiger charge is 2.42. The molecule has 1 saturated heterocycles. The molecule has 2 aliphatic rings. The summed E-state index contributed by atoms with van der Waals surface area (Å²) >= 11 is 0. The maximum Gasteiger partial charge on any atom is 0.256 e. The molecule has 1 spiro atoms. The quantitative estimate of drug-likeness (QED) is 0.713. The van der Waals surface area contributed by atoms with Crippen LogP contribution in [-0.4, -0.2) is 35.6 Å². The summed E-state index contributed by atoms with van der Waals surface area (Å²) in [5.41, 5.74) is 3.16. The topological polar surface area (TPSA) is 46.5 Å². The van der Waals surface area contributed by atoms with Crippen molar-refractivity contribution in [3.8, 4) is 11.4 Å². The number of aromatic nitrogens is 1.